The quantitative estimate of drug-likeness (QED) is 0.650. The number of carbonyl (C=O) groups is 1. The van der Waals surface area contributed by atoms with Crippen LogP contribution in [0.1, 0.15) is 38.2 Å². The zero-order valence-electron chi connectivity index (χ0n) is 8.53. The van der Waals surface area contributed by atoms with Crippen LogP contribution in [0.15, 0.2) is 6.20 Å². The standard InChI is InChI=1S/C9H15N3O/c1-5-12-6-7(10-11-12)8(13)9(2,3)4/h6H,5H2,1-4H3. The number of hydrogen-bond donors (Lipinski definition) is 0. The number of hydrogen-bond acceptors (Lipinski definition) is 3. The first-order valence-corrected chi connectivity index (χ1v) is 4.40. The van der Waals surface area contributed by atoms with Crippen molar-refractivity contribution < 1.29 is 4.79 Å². The zero-order valence-corrected chi connectivity index (χ0v) is 8.53. The Hall–Kier alpha value is -1.19. The van der Waals surface area contributed by atoms with Crippen molar-refractivity contribution in [2.75, 3.05) is 0 Å². The van der Waals surface area contributed by atoms with Crippen molar-refractivity contribution in [2.24, 2.45) is 5.41 Å². The van der Waals surface area contributed by atoms with Crippen molar-refractivity contribution >= 4 is 5.78 Å². The summed E-state index contributed by atoms with van der Waals surface area (Å²) < 4.78 is 1.65. The van der Waals surface area contributed by atoms with Crippen molar-refractivity contribution in [1.29, 1.82) is 0 Å². The van der Waals surface area contributed by atoms with Crippen LogP contribution in [0, 0.1) is 5.41 Å². The predicted molar refractivity (Wildman–Crippen MR) is 49.5 cm³/mol. The van der Waals surface area contributed by atoms with Gasteiger partial charge in [-0.15, -0.1) is 5.10 Å². The molecule has 72 valence electrons. The molecule has 0 saturated heterocycles. The van der Waals surface area contributed by atoms with E-state index < -0.39 is 0 Å². The highest BCUT2D eigenvalue weighted by atomic mass is 16.1. The molecule has 0 amide bonds. The van der Waals surface area contributed by atoms with Gasteiger partial charge >= 0.3 is 0 Å². The highest BCUT2D eigenvalue weighted by Gasteiger charge is 2.25. The first kappa shape index (κ1) is 9.89. The molecule has 0 aliphatic rings. The lowest BCUT2D eigenvalue weighted by Crippen LogP contribution is -2.20. The predicted octanol–water partition coefficient (Wildman–Crippen LogP) is 1.53. The minimum absolute atomic E-state index is 0.0344. The molecule has 1 aromatic rings. The number of aryl methyl sites for hydroxylation is 1. The monoisotopic (exact) mass is 181 g/mol. The van der Waals surface area contributed by atoms with E-state index in [-0.39, 0.29) is 11.2 Å². The molecule has 1 aromatic heterocycles. The van der Waals surface area contributed by atoms with Crippen LogP contribution in [0.2, 0.25) is 0 Å². The lowest BCUT2D eigenvalue weighted by Gasteiger charge is -2.13. The molecule has 0 fully saturated rings. The maximum absolute atomic E-state index is 11.7. The third-order valence-corrected chi connectivity index (χ3v) is 1.78. The molecule has 0 bridgehead atoms. The minimum atomic E-state index is -0.380. The summed E-state index contributed by atoms with van der Waals surface area (Å²) in [4.78, 5) is 11.7. The lowest BCUT2D eigenvalue weighted by molar-refractivity contribution is 0.0853. The molecule has 0 radical (unpaired) electrons. The van der Waals surface area contributed by atoms with E-state index in [0.717, 1.165) is 6.54 Å². The maximum Gasteiger partial charge on any atom is 0.190 e. The van der Waals surface area contributed by atoms with E-state index >= 15 is 0 Å². The summed E-state index contributed by atoms with van der Waals surface area (Å²) in [5, 5.41) is 7.63. The van der Waals surface area contributed by atoms with Crippen molar-refractivity contribution in [1.82, 2.24) is 15.0 Å². The summed E-state index contributed by atoms with van der Waals surface area (Å²) in [6.07, 6.45) is 1.69. The second kappa shape index (κ2) is 3.28. The van der Waals surface area contributed by atoms with Gasteiger partial charge in [0.1, 0.15) is 5.69 Å². The summed E-state index contributed by atoms with van der Waals surface area (Å²) in [5.74, 6) is 0.0344. The summed E-state index contributed by atoms with van der Waals surface area (Å²) >= 11 is 0. The number of rotatable bonds is 2. The van der Waals surface area contributed by atoms with Gasteiger partial charge in [0.25, 0.3) is 0 Å². The molecule has 0 saturated carbocycles. The molecule has 0 aromatic carbocycles. The highest BCUT2D eigenvalue weighted by molar-refractivity contribution is 5.97. The zero-order chi connectivity index (χ0) is 10.1. The second-order valence-electron chi connectivity index (χ2n) is 4.04. The van der Waals surface area contributed by atoms with E-state index in [9.17, 15) is 4.79 Å². The van der Waals surface area contributed by atoms with E-state index in [1.165, 1.54) is 0 Å². The van der Waals surface area contributed by atoms with Crippen molar-refractivity contribution in [3.63, 3.8) is 0 Å². The molecule has 0 unspecified atom stereocenters. The molecule has 4 heteroatoms. The van der Waals surface area contributed by atoms with Crippen LogP contribution in [0.25, 0.3) is 0 Å². The van der Waals surface area contributed by atoms with Crippen LogP contribution in [0.3, 0.4) is 0 Å². The normalized spacial score (nSPS) is 11.7. The lowest BCUT2D eigenvalue weighted by atomic mass is 9.89. The maximum atomic E-state index is 11.7. The van der Waals surface area contributed by atoms with Gasteiger partial charge in [-0.25, -0.2) is 0 Å². The highest BCUT2D eigenvalue weighted by Crippen LogP contribution is 2.18. The summed E-state index contributed by atoms with van der Waals surface area (Å²) in [6, 6.07) is 0. The Balaban J connectivity index is 2.90. The molecule has 0 N–H and O–H groups in total. The average molecular weight is 181 g/mol. The van der Waals surface area contributed by atoms with Gasteiger partial charge in [0, 0.05) is 12.0 Å². The van der Waals surface area contributed by atoms with Gasteiger partial charge in [-0.05, 0) is 6.92 Å². The fraction of sp³-hybridized carbons (Fsp3) is 0.667. The number of carbonyl (C=O) groups excluding carboxylic acids is 1. The van der Waals surface area contributed by atoms with Crippen LogP contribution in [-0.2, 0) is 6.54 Å². The first-order valence-electron chi connectivity index (χ1n) is 4.40. The summed E-state index contributed by atoms with van der Waals surface area (Å²) in [5.41, 5.74) is 0.0727. The first-order chi connectivity index (χ1) is 5.95. The summed E-state index contributed by atoms with van der Waals surface area (Å²) in [6.45, 7) is 8.32. The minimum Gasteiger partial charge on any atom is -0.292 e. The smallest absolute Gasteiger partial charge is 0.190 e. The van der Waals surface area contributed by atoms with Gasteiger partial charge in [-0.1, -0.05) is 26.0 Å². The second-order valence-corrected chi connectivity index (χ2v) is 4.04. The van der Waals surface area contributed by atoms with Gasteiger partial charge in [0.05, 0.1) is 6.20 Å². The Morgan fingerprint density at radius 2 is 2.15 bits per heavy atom. The fourth-order valence-corrected chi connectivity index (χ4v) is 0.941. The van der Waals surface area contributed by atoms with Crippen LogP contribution in [-0.4, -0.2) is 20.8 Å². The van der Waals surface area contributed by atoms with Crippen molar-refractivity contribution in [3.05, 3.63) is 11.9 Å². The van der Waals surface area contributed by atoms with Crippen LogP contribution < -0.4 is 0 Å². The van der Waals surface area contributed by atoms with E-state index in [2.05, 4.69) is 10.3 Å². The third kappa shape index (κ3) is 2.14. The molecule has 0 aliphatic carbocycles. The Morgan fingerprint density at radius 1 is 1.54 bits per heavy atom. The molecular formula is C9H15N3O. The Morgan fingerprint density at radius 3 is 2.54 bits per heavy atom. The van der Waals surface area contributed by atoms with E-state index in [1.54, 1.807) is 10.9 Å². The molecule has 0 aliphatic heterocycles. The molecule has 13 heavy (non-hydrogen) atoms. The van der Waals surface area contributed by atoms with Crippen molar-refractivity contribution in [2.45, 2.75) is 34.2 Å². The van der Waals surface area contributed by atoms with E-state index in [4.69, 9.17) is 0 Å². The molecule has 0 spiro atoms. The molecular weight excluding hydrogens is 166 g/mol. The molecule has 1 heterocycles. The van der Waals surface area contributed by atoms with Gasteiger partial charge in [0.15, 0.2) is 5.78 Å². The van der Waals surface area contributed by atoms with Gasteiger partial charge in [-0.3, -0.25) is 9.48 Å². The number of nitrogens with zero attached hydrogens (tertiary/aromatic N) is 3. The van der Waals surface area contributed by atoms with E-state index in [0.29, 0.717) is 5.69 Å². The van der Waals surface area contributed by atoms with Gasteiger partial charge in [-0.2, -0.15) is 0 Å². The number of Topliss-reactive ketones (excluding diaryl/α,β-unsaturated/α-hetero) is 1. The Bertz CT molecular complexity index is 309. The van der Waals surface area contributed by atoms with Crippen molar-refractivity contribution in [3.8, 4) is 0 Å². The third-order valence-electron chi connectivity index (χ3n) is 1.78. The molecule has 1 rings (SSSR count). The topological polar surface area (TPSA) is 47.8 Å². The largest absolute Gasteiger partial charge is 0.292 e. The number of ketones is 1. The average Bonchev–Trinajstić information content (AvgIpc) is 2.48. The Kier molecular flexibility index (Phi) is 2.50. The summed E-state index contributed by atoms with van der Waals surface area (Å²) in [7, 11) is 0. The van der Waals surface area contributed by atoms with Gasteiger partial charge in [0.2, 0.25) is 0 Å². The van der Waals surface area contributed by atoms with Crippen LogP contribution >= 0.6 is 0 Å². The Labute approximate surface area is 77.9 Å². The SMILES string of the molecule is CCn1cc(C(=O)C(C)(C)C)nn1. The van der Waals surface area contributed by atoms with Crippen LogP contribution in [0.4, 0.5) is 0 Å². The van der Waals surface area contributed by atoms with E-state index in [1.807, 2.05) is 27.7 Å². The van der Waals surface area contributed by atoms with Gasteiger partial charge < -0.3 is 0 Å². The molecule has 4 nitrogen and oxygen atoms in total. The molecule has 0 atom stereocenters. The van der Waals surface area contributed by atoms with Crippen LogP contribution in [0.5, 0.6) is 0 Å². The number of aromatic nitrogens is 3. The fourth-order valence-electron chi connectivity index (χ4n) is 0.941.